The number of fused-ring (bicyclic) bond motifs is 1. The molecule has 1 aliphatic heterocycles. The van der Waals surface area contributed by atoms with Gasteiger partial charge in [0, 0.05) is 68.7 Å². The van der Waals surface area contributed by atoms with Gasteiger partial charge in [0.25, 0.3) is 5.91 Å². The summed E-state index contributed by atoms with van der Waals surface area (Å²) in [7, 11) is 6.78. The van der Waals surface area contributed by atoms with E-state index < -0.39 is 36.3 Å². The van der Waals surface area contributed by atoms with Crippen LogP contribution in [-0.4, -0.2) is 183 Å². The second kappa shape index (κ2) is 35.1. The van der Waals surface area contributed by atoms with E-state index in [0.29, 0.717) is 100 Å². The topological polar surface area (TPSA) is 216 Å². The quantitative estimate of drug-likeness (QED) is 0.0293. The highest BCUT2D eigenvalue weighted by Crippen LogP contribution is 2.31. The molecule has 19 nitrogen and oxygen atoms in total. The van der Waals surface area contributed by atoms with Gasteiger partial charge < -0.3 is 49.4 Å². The fourth-order valence-electron chi connectivity index (χ4n) is 10.8. The van der Waals surface area contributed by atoms with Crippen LogP contribution in [0.25, 0.3) is 11.0 Å². The van der Waals surface area contributed by atoms with E-state index in [1.807, 2.05) is 94.1 Å². The van der Waals surface area contributed by atoms with Crippen molar-refractivity contribution in [3.63, 3.8) is 0 Å². The molecule has 22 heteroatoms. The second-order valence-electron chi connectivity index (χ2n) is 21.8. The number of aromatic nitrogens is 3. The van der Waals surface area contributed by atoms with Crippen LogP contribution in [-0.2, 0) is 59.9 Å². The normalized spacial score (nSPS) is 16.6. The molecule has 4 aromatic rings. The predicted octanol–water partition coefficient (Wildman–Crippen LogP) is 7.77. The first kappa shape index (κ1) is 68.3. The number of thiazole rings is 1. The van der Waals surface area contributed by atoms with Crippen molar-refractivity contribution < 1.29 is 47.7 Å². The molecule has 5 rings (SSSR count). The Morgan fingerprint density at radius 2 is 1.46 bits per heavy atom. The second-order valence-corrected chi connectivity index (χ2v) is 23.8. The van der Waals surface area contributed by atoms with Gasteiger partial charge in [-0.15, -0.1) is 11.3 Å². The van der Waals surface area contributed by atoms with Gasteiger partial charge in [-0.2, -0.15) is 0 Å². The van der Waals surface area contributed by atoms with Crippen molar-refractivity contribution in [3.05, 3.63) is 87.6 Å². The molecule has 0 spiro atoms. The minimum atomic E-state index is -0.851. The Kier molecular flexibility index (Phi) is 29.2. The average molecular weight is 1290 g/mol. The van der Waals surface area contributed by atoms with Crippen LogP contribution in [0, 0.1) is 23.7 Å². The highest BCUT2D eigenvalue weighted by atomic mass is 79.9. The number of benzene rings is 2. The van der Waals surface area contributed by atoms with E-state index in [4.69, 9.17) is 23.7 Å². The van der Waals surface area contributed by atoms with Gasteiger partial charge in [0.2, 0.25) is 23.6 Å². The summed E-state index contributed by atoms with van der Waals surface area (Å²) in [6.07, 6.45) is 3.22. The molecule has 0 saturated carbocycles. The number of hydrogen-bond acceptors (Lipinski definition) is 15. The van der Waals surface area contributed by atoms with Gasteiger partial charge in [-0.25, -0.2) is 15.0 Å². The van der Waals surface area contributed by atoms with Crippen LogP contribution in [0.15, 0.2) is 60.1 Å². The summed E-state index contributed by atoms with van der Waals surface area (Å²) in [5.74, 6) is -2.06. The van der Waals surface area contributed by atoms with Crippen molar-refractivity contribution in [3.8, 4) is 0 Å². The van der Waals surface area contributed by atoms with E-state index in [1.54, 1.807) is 50.6 Å². The number of nitrogens with zero attached hydrogens (tertiary/aromatic N) is 6. The number of carbonyl (C=O) groups is 5. The molecule has 0 radical (unpaired) electrons. The standard InChI is InChI=1S/C60H89Br2N9O10S/c1-12-40(6)54(50(77-10)35-51(72)71-24-16-19-49(71)55(78-11)41(7)56(73)67-46(59-64-23-32-82-59)33-42-17-14-13-15-18-42)70(9)60(76)52(38(2)3)68-58(75)53(39(4)5)69(8)25-27-80-29-31-81-30-28-79-26-22-63-57(74)43-20-21-44-45(34-43)66-48(37-62)47(36-61)65-44/h13-15,17-18,20-21,23,32,34,38-41,46,49-50,52-55H,12,16,19,22,24-31,33,35-37H2,1-11H3,(H,63,74)(H,67,73)(H,68,75)/t40-,41+,46-,49-,50+,52-,53-,54-,55+/m0/s1. The number of likely N-dealkylation sites (tertiary alicyclic amines) is 1. The first-order valence-corrected chi connectivity index (χ1v) is 31.8. The Balaban J connectivity index is 1.07. The zero-order valence-electron chi connectivity index (χ0n) is 49.9. The van der Waals surface area contributed by atoms with E-state index in [-0.39, 0.29) is 65.8 Å². The number of alkyl halides is 2. The van der Waals surface area contributed by atoms with Gasteiger partial charge in [-0.3, -0.25) is 28.9 Å². The minimum absolute atomic E-state index is 0.00703. The molecule has 0 aliphatic carbocycles. The van der Waals surface area contributed by atoms with E-state index in [0.717, 1.165) is 33.9 Å². The molecule has 1 fully saturated rings. The highest BCUT2D eigenvalue weighted by molar-refractivity contribution is 9.09. The third-order valence-corrected chi connectivity index (χ3v) is 17.4. The molecule has 2 aromatic carbocycles. The van der Waals surface area contributed by atoms with Crippen molar-refractivity contribution in [1.29, 1.82) is 0 Å². The van der Waals surface area contributed by atoms with E-state index in [2.05, 4.69) is 69.7 Å². The zero-order valence-corrected chi connectivity index (χ0v) is 53.9. The van der Waals surface area contributed by atoms with Gasteiger partial charge in [-0.05, 0) is 67.8 Å². The summed E-state index contributed by atoms with van der Waals surface area (Å²) < 4.78 is 29.5. The van der Waals surface area contributed by atoms with Crippen LogP contribution in [0.4, 0.5) is 0 Å². The summed E-state index contributed by atoms with van der Waals surface area (Å²) in [4.78, 5) is 89.6. The highest BCUT2D eigenvalue weighted by Gasteiger charge is 2.43. The maximum Gasteiger partial charge on any atom is 0.251 e. The average Bonchev–Trinajstić information content (AvgIpc) is 4.27. The molecule has 0 bridgehead atoms. The number of nitrogens with one attached hydrogen (secondary N) is 3. The van der Waals surface area contributed by atoms with Gasteiger partial charge >= 0.3 is 0 Å². The monoisotopic (exact) mass is 1290 g/mol. The van der Waals surface area contributed by atoms with Crippen LogP contribution in [0.2, 0.25) is 0 Å². The van der Waals surface area contributed by atoms with Gasteiger partial charge in [0.15, 0.2) is 0 Å². The Morgan fingerprint density at radius 3 is 2.06 bits per heavy atom. The SMILES string of the molecule is CC[C@H](C)[C@@H]([C@@H](CC(=O)N1CCC[C@H]1[C@H](OC)[C@@H](C)C(=O)N[C@@H](Cc1ccccc1)c1nccs1)OC)N(C)C(=O)[C@@H](NC(=O)[C@H](C(C)C)N(C)CCOCCOCCOCCNC(=O)c1ccc2nc(CBr)c(CBr)nc2c1)C(C)C. The molecule has 82 heavy (non-hydrogen) atoms. The maximum absolute atomic E-state index is 14.7. The van der Waals surface area contributed by atoms with Crippen molar-refractivity contribution in [1.82, 2.24) is 45.6 Å². The number of amides is 5. The summed E-state index contributed by atoms with van der Waals surface area (Å²) in [6.45, 7) is 17.1. The Hall–Kier alpha value is -4.52. The van der Waals surface area contributed by atoms with Crippen LogP contribution >= 0.6 is 43.2 Å². The molecule has 1 saturated heterocycles. The summed E-state index contributed by atoms with van der Waals surface area (Å²) in [5.41, 5.74) is 4.63. The molecule has 5 amide bonds. The molecule has 9 atom stereocenters. The molecular weight excluding hydrogens is 1200 g/mol. The van der Waals surface area contributed by atoms with E-state index in [9.17, 15) is 24.0 Å². The van der Waals surface area contributed by atoms with Crippen molar-refractivity contribution in [2.45, 2.75) is 134 Å². The van der Waals surface area contributed by atoms with Crippen molar-refractivity contribution in [2.75, 3.05) is 87.6 Å². The van der Waals surface area contributed by atoms with Crippen LogP contribution < -0.4 is 16.0 Å². The number of likely N-dealkylation sites (N-methyl/N-ethyl adjacent to an activating group) is 2. The molecule has 2 aromatic heterocycles. The molecule has 3 N–H and O–H groups in total. The lowest BCUT2D eigenvalue weighted by molar-refractivity contribution is -0.148. The van der Waals surface area contributed by atoms with E-state index >= 15 is 0 Å². The van der Waals surface area contributed by atoms with E-state index in [1.165, 1.54) is 11.3 Å². The van der Waals surface area contributed by atoms with Gasteiger partial charge in [-0.1, -0.05) is 117 Å². The summed E-state index contributed by atoms with van der Waals surface area (Å²) in [6, 6.07) is 12.7. The Bertz CT molecular complexity index is 2610. The first-order valence-electron chi connectivity index (χ1n) is 28.7. The van der Waals surface area contributed by atoms with Crippen LogP contribution in [0.1, 0.15) is 113 Å². The number of carbonyl (C=O) groups excluding carboxylic acids is 5. The molecule has 3 heterocycles. The lowest BCUT2D eigenvalue weighted by Crippen LogP contribution is -2.60. The predicted molar refractivity (Wildman–Crippen MR) is 327 cm³/mol. The maximum atomic E-state index is 14.7. The summed E-state index contributed by atoms with van der Waals surface area (Å²) in [5, 5.41) is 13.1. The fourth-order valence-corrected chi connectivity index (χ4v) is 12.3. The fraction of sp³-hybridized carbons (Fsp3) is 0.633. The smallest absolute Gasteiger partial charge is 0.251 e. The Labute approximate surface area is 506 Å². The van der Waals surface area contributed by atoms with Gasteiger partial charge in [0.1, 0.15) is 11.0 Å². The number of hydrogen-bond donors (Lipinski definition) is 3. The first-order chi connectivity index (χ1) is 39.4. The minimum Gasteiger partial charge on any atom is -0.379 e. The van der Waals surface area contributed by atoms with Crippen molar-refractivity contribution in [2.24, 2.45) is 23.7 Å². The largest absolute Gasteiger partial charge is 0.379 e. The summed E-state index contributed by atoms with van der Waals surface area (Å²) >= 11 is 8.41. The van der Waals surface area contributed by atoms with Crippen molar-refractivity contribution >= 4 is 83.8 Å². The van der Waals surface area contributed by atoms with Gasteiger partial charge in [0.05, 0.1) is 111 Å². The molecule has 0 unspecified atom stereocenters. The number of methoxy groups -OCH3 is 2. The third kappa shape index (κ3) is 19.5. The number of ether oxygens (including phenoxy) is 5. The Morgan fingerprint density at radius 1 is 0.805 bits per heavy atom. The molecular formula is C60H89Br2N9O10S. The molecule has 1 aliphatic rings. The lowest BCUT2D eigenvalue weighted by atomic mass is 9.89. The van der Waals surface area contributed by atoms with Crippen LogP contribution in [0.5, 0.6) is 0 Å². The third-order valence-electron chi connectivity index (χ3n) is 15.4. The lowest BCUT2D eigenvalue weighted by Gasteiger charge is -2.41. The molecule has 454 valence electrons. The van der Waals surface area contributed by atoms with Crippen LogP contribution in [0.3, 0.4) is 0 Å². The zero-order chi connectivity index (χ0) is 59.9. The number of rotatable bonds is 36. The number of halogens is 2.